The number of halogens is 1. The molecule has 25 heavy (non-hydrogen) atoms. The van der Waals surface area contributed by atoms with E-state index in [0.29, 0.717) is 0 Å². The van der Waals surface area contributed by atoms with Crippen molar-refractivity contribution in [2.24, 2.45) is 0 Å². The van der Waals surface area contributed by atoms with Crippen LogP contribution in [0.2, 0.25) is 5.02 Å². The van der Waals surface area contributed by atoms with E-state index in [4.69, 9.17) is 11.6 Å². The van der Waals surface area contributed by atoms with Gasteiger partial charge >= 0.3 is 0 Å². The molecule has 3 N–H and O–H groups in total. The molecule has 0 saturated carbocycles. The number of hydrogen-bond donors (Lipinski definition) is 2. The maximum absolute atomic E-state index is 6.03. The van der Waals surface area contributed by atoms with Gasteiger partial charge in [-0.15, -0.1) is 0 Å². The van der Waals surface area contributed by atoms with Gasteiger partial charge in [-0.2, -0.15) is 0 Å². The number of aromatic amines is 2. The first kappa shape index (κ1) is 15.7. The molecule has 0 aliphatic carbocycles. The van der Waals surface area contributed by atoms with Gasteiger partial charge in [-0.3, -0.25) is 0 Å². The summed E-state index contributed by atoms with van der Waals surface area (Å²) in [6, 6.07) is 22.4. The molecule has 1 atom stereocenters. The van der Waals surface area contributed by atoms with Gasteiger partial charge in [0.25, 0.3) is 0 Å². The van der Waals surface area contributed by atoms with Crippen LogP contribution in [0, 0.1) is 6.92 Å². The Labute approximate surface area is 151 Å². The van der Waals surface area contributed by atoms with Crippen molar-refractivity contribution < 1.29 is 4.98 Å². The Morgan fingerprint density at radius 1 is 0.960 bits per heavy atom. The largest absolute Gasteiger partial charge is 0.369 e. The Morgan fingerprint density at radius 2 is 1.72 bits per heavy atom. The highest BCUT2D eigenvalue weighted by Crippen LogP contribution is 2.33. The standard InChI is InChI=1S/C21H18ClN3/c1-14-20(17-6-2-3-7-18(17)24-14)21(19-8-4-5-13-23-19)25-16-11-9-15(22)10-12-16/h2-13,21,24-25H,1H3/p+1. The minimum Gasteiger partial charge on any atom is -0.369 e. The van der Waals surface area contributed by atoms with E-state index >= 15 is 0 Å². The Bertz CT molecular complexity index is 991. The van der Waals surface area contributed by atoms with Gasteiger partial charge in [0, 0.05) is 45.0 Å². The SMILES string of the molecule is Cc1[nH]c2ccccc2c1C(Nc1ccc(Cl)cc1)c1cccc[nH+]1. The van der Waals surface area contributed by atoms with Crippen LogP contribution in [0.1, 0.15) is 23.0 Å². The van der Waals surface area contributed by atoms with Gasteiger partial charge in [-0.05, 0) is 37.3 Å². The first-order valence-corrected chi connectivity index (χ1v) is 8.66. The minimum atomic E-state index is -0.00137. The van der Waals surface area contributed by atoms with E-state index in [9.17, 15) is 0 Å². The molecule has 2 aromatic carbocycles. The molecular formula is C21H19ClN3+. The smallest absolute Gasteiger partial charge is 0.206 e. The number of anilines is 1. The van der Waals surface area contributed by atoms with E-state index < -0.39 is 0 Å². The number of pyridine rings is 1. The van der Waals surface area contributed by atoms with Gasteiger partial charge in [0.1, 0.15) is 6.04 Å². The second-order valence-electron chi connectivity index (χ2n) is 6.11. The summed E-state index contributed by atoms with van der Waals surface area (Å²) in [6.07, 6.45) is 1.95. The average Bonchev–Trinajstić information content (AvgIpc) is 2.98. The van der Waals surface area contributed by atoms with Crippen LogP contribution in [-0.4, -0.2) is 4.98 Å². The number of rotatable bonds is 4. The lowest BCUT2D eigenvalue weighted by atomic mass is 9.99. The third-order valence-electron chi connectivity index (χ3n) is 4.43. The lowest BCUT2D eigenvalue weighted by Crippen LogP contribution is -2.22. The summed E-state index contributed by atoms with van der Waals surface area (Å²) < 4.78 is 0. The molecule has 0 amide bonds. The molecule has 3 nitrogen and oxygen atoms in total. The van der Waals surface area contributed by atoms with Crippen molar-refractivity contribution in [3.05, 3.63) is 94.9 Å². The predicted octanol–water partition coefficient (Wildman–Crippen LogP) is 5.15. The molecule has 0 bridgehead atoms. The molecule has 4 heteroatoms. The monoisotopic (exact) mass is 348 g/mol. The summed E-state index contributed by atoms with van der Waals surface area (Å²) in [5, 5.41) is 5.61. The van der Waals surface area contributed by atoms with Crippen molar-refractivity contribution >= 4 is 28.2 Å². The first-order valence-electron chi connectivity index (χ1n) is 8.28. The fraction of sp³-hybridized carbons (Fsp3) is 0.0952. The fourth-order valence-electron chi connectivity index (χ4n) is 3.28. The molecule has 2 aromatic heterocycles. The highest BCUT2D eigenvalue weighted by atomic mass is 35.5. The molecule has 1 unspecified atom stereocenters. The van der Waals surface area contributed by atoms with Gasteiger partial charge in [-0.25, -0.2) is 4.98 Å². The van der Waals surface area contributed by atoms with Crippen molar-refractivity contribution in [3.63, 3.8) is 0 Å². The lowest BCUT2D eigenvalue weighted by molar-refractivity contribution is -0.391. The molecule has 2 heterocycles. The maximum Gasteiger partial charge on any atom is 0.206 e. The maximum atomic E-state index is 6.03. The van der Waals surface area contributed by atoms with Gasteiger partial charge in [0.2, 0.25) is 5.69 Å². The van der Waals surface area contributed by atoms with Crippen LogP contribution in [-0.2, 0) is 0 Å². The summed E-state index contributed by atoms with van der Waals surface area (Å²) in [7, 11) is 0. The number of fused-ring (bicyclic) bond motifs is 1. The van der Waals surface area contributed by atoms with Crippen molar-refractivity contribution in [3.8, 4) is 0 Å². The second kappa shape index (κ2) is 6.61. The number of aromatic nitrogens is 2. The predicted molar refractivity (Wildman–Crippen MR) is 103 cm³/mol. The fourth-order valence-corrected chi connectivity index (χ4v) is 3.40. The molecular weight excluding hydrogens is 330 g/mol. The molecule has 4 aromatic rings. The van der Waals surface area contributed by atoms with Crippen LogP contribution in [0.5, 0.6) is 0 Å². The highest BCUT2D eigenvalue weighted by molar-refractivity contribution is 6.30. The molecule has 0 spiro atoms. The van der Waals surface area contributed by atoms with Crippen LogP contribution in [0.3, 0.4) is 0 Å². The molecule has 0 aliphatic rings. The topological polar surface area (TPSA) is 42.0 Å². The summed E-state index contributed by atoms with van der Waals surface area (Å²) in [5.74, 6) is 0. The average molecular weight is 349 g/mol. The van der Waals surface area contributed by atoms with Crippen LogP contribution in [0.25, 0.3) is 10.9 Å². The van der Waals surface area contributed by atoms with E-state index in [1.807, 2.05) is 42.6 Å². The molecule has 0 radical (unpaired) electrons. The number of H-pyrrole nitrogens is 2. The molecule has 124 valence electrons. The molecule has 4 rings (SSSR count). The first-order chi connectivity index (χ1) is 12.2. The van der Waals surface area contributed by atoms with Gasteiger partial charge in [0.15, 0.2) is 6.20 Å². The number of benzene rings is 2. The molecule has 0 aliphatic heterocycles. The Balaban J connectivity index is 1.85. The van der Waals surface area contributed by atoms with Gasteiger partial charge in [-0.1, -0.05) is 35.9 Å². The number of hydrogen-bond acceptors (Lipinski definition) is 1. The third kappa shape index (κ3) is 3.11. The van der Waals surface area contributed by atoms with Crippen molar-refractivity contribution in [1.29, 1.82) is 0 Å². The van der Waals surface area contributed by atoms with Crippen LogP contribution >= 0.6 is 11.6 Å². The number of nitrogens with one attached hydrogen (secondary N) is 3. The number of aryl methyl sites for hydroxylation is 1. The minimum absolute atomic E-state index is 0.00137. The third-order valence-corrected chi connectivity index (χ3v) is 4.68. The van der Waals surface area contributed by atoms with E-state index in [1.165, 1.54) is 10.9 Å². The van der Waals surface area contributed by atoms with Crippen LogP contribution in [0.4, 0.5) is 5.69 Å². The quantitative estimate of drug-likeness (QED) is 0.526. The van der Waals surface area contributed by atoms with E-state index in [1.54, 1.807) is 0 Å². The van der Waals surface area contributed by atoms with Crippen molar-refractivity contribution in [1.82, 2.24) is 4.98 Å². The van der Waals surface area contributed by atoms with Crippen LogP contribution in [0.15, 0.2) is 72.9 Å². The summed E-state index contributed by atoms with van der Waals surface area (Å²) in [4.78, 5) is 6.88. The second-order valence-corrected chi connectivity index (χ2v) is 6.55. The van der Waals surface area contributed by atoms with Gasteiger partial charge < -0.3 is 10.3 Å². The Morgan fingerprint density at radius 3 is 2.48 bits per heavy atom. The Hall–Kier alpha value is -2.78. The normalized spacial score (nSPS) is 12.2. The van der Waals surface area contributed by atoms with Crippen molar-refractivity contribution in [2.45, 2.75) is 13.0 Å². The van der Waals surface area contributed by atoms with Crippen molar-refractivity contribution in [2.75, 3.05) is 5.32 Å². The highest BCUT2D eigenvalue weighted by Gasteiger charge is 2.25. The Kier molecular flexibility index (Phi) is 4.16. The summed E-state index contributed by atoms with van der Waals surface area (Å²) >= 11 is 6.03. The van der Waals surface area contributed by atoms with E-state index in [0.717, 1.165) is 27.6 Å². The molecule has 0 fully saturated rings. The van der Waals surface area contributed by atoms with E-state index in [-0.39, 0.29) is 6.04 Å². The summed E-state index contributed by atoms with van der Waals surface area (Å²) in [6.45, 7) is 2.12. The lowest BCUT2D eigenvalue weighted by Gasteiger charge is -2.17. The number of para-hydroxylation sites is 1. The van der Waals surface area contributed by atoms with Crippen LogP contribution < -0.4 is 10.3 Å². The van der Waals surface area contributed by atoms with E-state index in [2.05, 4.69) is 52.5 Å². The zero-order valence-electron chi connectivity index (χ0n) is 13.9. The molecule has 0 saturated heterocycles. The summed E-state index contributed by atoms with van der Waals surface area (Å²) in [5.41, 5.74) is 5.67. The zero-order valence-corrected chi connectivity index (χ0v) is 14.6. The zero-order chi connectivity index (χ0) is 17.2. The van der Waals surface area contributed by atoms with Gasteiger partial charge in [0.05, 0.1) is 0 Å².